The lowest BCUT2D eigenvalue weighted by Crippen LogP contribution is -2.39. The summed E-state index contributed by atoms with van der Waals surface area (Å²) in [7, 11) is 1.80. The molecule has 1 aliphatic heterocycles. The molecule has 7 heteroatoms. The zero-order valence-corrected chi connectivity index (χ0v) is 15.3. The van der Waals surface area contributed by atoms with Crippen LogP contribution in [0.4, 0.5) is 0 Å². The number of nitrogens with one attached hydrogen (secondary N) is 2. The van der Waals surface area contributed by atoms with Gasteiger partial charge in [0.25, 0.3) is 0 Å². The highest BCUT2D eigenvalue weighted by molar-refractivity contribution is 7.10. The Bertz CT molecular complexity index is 661. The maximum atomic E-state index is 4.35. The summed E-state index contributed by atoms with van der Waals surface area (Å²) in [4.78, 5) is 5.70. The van der Waals surface area contributed by atoms with Crippen molar-refractivity contribution in [1.82, 2.24) is 25.4 Å². The molecule has 130 valence electrons. The molecule has 0 amide bonds. The quantitative estimate of drug-likeness (QED) is 0.645. The zero-order valence-electron chi connectivity index (χ0n) is 14.5. The van der Waals surface area contributed by atoms with Gasteiger partial charge in [-0.1, -0.05) is 19.4 Å². The van der Waals surface area contributed by atoms with Crippen LogP contribution in [0.15, 0.2) is 22.5 Å². The maximum absolute atomic E-state index is 4.35. The lowest BCUT2D eigenvalue weighted by Gasteiger charge is -2.15. The van der Waals surface area contributed by atoms with E-state index < -0.39 is 0 Å². The predicted octanol–water partition coefficient (Wildman–Crippen LogP) is 2.53. The number of hydrogen-bond acceptors (Lipinski definition) is 4. The predicted molar refractivity (Wildman–Crippen MR) is 98.5 cm³/mol. The standard InChI is InChI=1S/C17H26N6S/c1-13(14-7-6-10-24-14)11-19-17(18-2)20-12-16-22-21-15-8-4-3-5-9-23(15)16/h6-7,10,13H,3-5,8-9,11-12H2,1-2H3,(H2,18,19,20). The Hall–Kier alpha value is -1.89. The first-order valence-corrected chi connectivity index (χ1v) is 9.54. The average Bonchev–Trinajstić information content (AvgIpc) is 3.20. The number of nitrogens with zero attached hydrogens (tertiary/aromatic N) is 4. The van der Waals surface area contributed by atoms with Crippen molar-refractivity contribution in [2.24, 2.45) is 4.99 Å². The van der Waals surface area contributed by atoms with Crippen molar-refractivity contribution in [1.29, 1.82) is 0 Å². The molecule has 0 spiro atoms. The molecule has 2 aromatic rings. The van der Waals surface area contributed by atoms with E-state index in [-0.39, 0.29) is 0 Å². The van der Waals surface area contributed by atoms with Crippen molar-refractivity contribution >= 4 is 17.3 Å². The highest BCUT2D eigenvalue weighted by Gasteiger charge is 2.15. The Morgan fingerprint density at radius 3 is 3.04 bits per heavy atom. The molecule has 0 radical (unpaired) electrons. The number of rotatable bonds is 5. The van der Waals surface area contributed by atoms with Gasteiger partial charge in [0.15, 0.2) is 11.8 Å². The van der Waals surface area contributed by atoms with E-state index in [0.717, 1.165) is 37.1 Å². The Morgan fingerprint density at radius 2 is 2.25 bits per heavy atom. The van der Waals surface area contributed by atoms with E-state index in [1.807, 2.05) is 0 Å². The number of guanidine groups is 1. The summed E-state index contributed by atoms with van der Waals surface area (Å²) in [5.74, 6) is 3.40. The summed E-state index contributed by atoms with van der Waals surface area (Å²) >= 11 is 1.80. The summed E-state index contributed by atoms with van der Waals surface area (Å²) in [5.41, 5.74) is 0. The van der Waals surface area contributed by atoms with Crippen LogP contribution < -0.4 is 10.6 Å². The van der Waals surface area contributed by atoms with E-state index >= 15 is 0 Å². The number of aliphatic imine (C=N–C) groups is 1. The minimum atomic E-state index is 0.466. The van der Waals surface area contributed by atoms with Crippen LogP contribution in [0.2, 0.25) is 0 Å². The van der Waals surface area contributed by atoms with Gasteiger partial charge in [0.1, 0.15) is 5.82 Å². The third-order valence-electron chi connectivity index (χ3n) is 4.43. The Kier molecular flexibility index (Phi) is 5.85. The summed E-state index contributed by atoms with van der Waals surface area (Å²) in [6.07, 6.45) is 4.75. The zero-order chi connectivity index (χ0) is 16.8. The SMILES string of the molecule is CN=C(NCc1nnc2n1CCCCC2)NCC(C)c1cccs1. The molecule has 0 bridgehead atoms. The first-order chi connectivity index (χ1) is 11.8. The molecule has 6 nitrogen and oxygen atoms in total. The van der Waals surface area contributed by atoms with Crippen LogP contribution in [-0.2, 0) is 19.5 Å². The second-order valence-electron chi connectivity index (χ2n) is 6.22. The van der Waals surface area contributed by atoms with Crippen molar-refractivity contribution in [2.75, 3.05) is 13.6 Å². The molecule has 3 rings (SSSR count). The van der Waals surface area contributed by atoms with E-state index in [0.29, 0.717) is 12.5 Å². The molecule has 0 saturated heterocycles. The van der Waals surface area contributed by atoms with E-state index in [1.165, 1.54) is 24.1 Å². The van der Waals surface area contributed by atoms with Crippen molar-refractivity contribution < 1.29 is 0 Å². The van der Waals surface area contributed by atoms with Gasteiger partial charge in [-0.15, -0.1) is 21.5 Å². The molecule has 2 aromatic heterocycles. The van der Waals surface area contributed by atoms with Crippen LogP contribution >= 0.6 is 11.3 Å². The van der Waals surface area contributed by atoms with Gasteiger partial charge in [0.05, 0.1) is 6.54 Å². The highest BCUT2D eigenvalue weighted by atomic mass is 32.1. The Labute approximate surface area is 147 Å². The molecule has 3 heterocycles. The summed E-state index contributed by atoms with van der Waals surface area (Å²) in [6, 6.07) is 4.28. The smallest absolute Gasteiger partial charge is 0.191 e. The number of fused-ring (bicyclic) bond motifs is 1. The van der Waals surface area contributed by atoms with Gasteiger partial charge in [0.2, 0.25) is 0 Å². The third-order valence-corrected chi connectivity index (χ3v) is 5.53. The largest absolute Gasteiger partial charge is 0.356 e. The lowest BCUT2D eigenvalue weighted by molar-refractivity contribution is 0.595. The maximum Gasteiger partial charge on any atom is 0.191 e. The van der Waals surface area contributed by atoms with Gasteiger partial charge >= 0.3 is 0 Å². The van der Waals surface area contributed by atoms with Crippen LogP contribution in [0.5, 0.6) is 0 Å². The fourth-order valence-electron chi connectivity index (χ4n) is 2.98. The van der Waals surface area contributed by atoms with Gasteiger partial charge in [-0.3, -0.25) is 4.99 Å². The number of aromatic nitrogens is 3. The molecule has 1 aliphatic rings. The van der Waals surface area contributed by atoms with Gasteiger partial charge in [-0.2, -0.15) is 0 Å². The van der Waals surface area contributed by atoms with E-state index in [2.05, 4.69) is 54.8 Å². The fourth-order valence-corrected chi connectivity index (χ4v) is 3.77. The molecule has 24 heavy (non-hydrogen) atoms. The Balaban J connectivity index is 1.52. The van der Waals surface area contributed by atoms with Crippen molar-refractivity contribution in [2.45, 2.75) is 51.6 Å². The van der Waals surface area contributed by atoms with Crippen molar-refractivity contribution in [3.05, 3.63) is 34.0 Å². The molecular weight excluding hydrogens is 320 g/mol. The van der Waals surface area contributed by atoms with Crippen LogP contribution in [0.25, 0.3) is 0 Å². The van der Waals surface area contributed by atoms with E-state index in [4.69, 9.17) is 0 Å². The molecule has 2 N–H and O–H groups in total. The molecule has 1 unspecified atom stereocenters. The van der Waals surface area contributed by atoms with Crippen LogP contribution in [-0.4, -0.2) is 34.3 Å². The molecule has 0 aromatic carbocycles. The lowest BCUT2D eigenvalue weighted by atomic mass is 10.1. The number of aryl methyl sites for hydroxylation is 1. The number of hydrogen-bond donors (Lipinski definition) is 2. The van der Waals surface area contributed by atoms with E-state index in [1.54, 1.807) is 18.4 Å². The highest BCUT2D eigenvalue weighted by Crippen LogP contribution is 2.19. The van der Waals surface area contributed by atoms with Crippen LogP contribution in [0.1, 0.15) is 48.6 Å². The molecule has 0 aliphatic carbocycles. The van der Waals surface area contributed by atoms with E-state index in [9.17, 15) is 0 Å². The summed E-state index contributed by atoms with van der Waals surface area (Å²) in [6.45, 7) is 4.77. The summed E-state index contributed by atoms with van der Waals surface area (Å²) < 4.78 is 2.27. The first kappa shape index (κ1) is 17.0. The average molecular weight is 347 g/mol. The van der Waals surface area contributed by atoms with Crippen molar-refractivity contribution in [3.63, 3.8) is 0 Å². The minimum Gasteiger partial charge on any atom is -0.356 e. The van der Waals surface area contributed by atoms with Gasteiger partial charge in [0, 0.05) is 37.4 Å². The van der Waals surface area contributed by atoms with Gasteiger partial charge in [-0.25, -0.2) is 0 Å². The molecular formula is C17H26N6S. The fraction of sp³-hybridized carbons (Fsp3) is 0.588. The molecule has 0 fully saturated rings. The Morgan fingerprint density at radius 1 is 1.33 bits per heavy atom. The van der Waals surface area contributed by atoms with Crippen LogP contribution in [0, 0.1) is 0 Å². The topological polar surface area (TPSA) is 67.1 Å². The molecule has 1 atom stereocenters. The second kappa shape index (κ2) is 8.28. The third kappa shape index (κ3) is 4.14. The second-order valence-corrected chi connectivity index (χ2v) is 7.20. The first-order valence-electron chi connectivity index (χ1n) is 8.67. The van der Waals surface area contributed by atoms with Gasteiger partial charge < -0.3 is 15.2 Å². The minimum absolute atomic E-state index is 0.466. The summed E-state index contributed by atoms with van der Waals surface area (Å²) in [5, 5.41) is 17.6. The van der Waals surface area contributed by atoms with Crippen molar-refractivity contribution in [3.8, 4) is 0 Å². The normalized spacial score (nSPS) is 16.3. The van der Waals surface area contributed by atoms with Crippen LogP contribution in [0.3, 0.4) is 0 Å². The molecule has 0 saturated carbocycles. The van der Waals surface area contributed by atoms with Gasteiger partial charge in [-0.05, 0) is 24.3 Å². The monoisotopic (exact) mass is 346 g/mol. The number of thiophene rings is 1.